The van der Waals surface area contributed by atoms with Gasteiger partial charge in [-0.25, -0.2) is 8.78 Å². The van der Waals surface area contributed by atoms with Crippen molar-refractivity contribution in [1.29, 1.82) is 0 Å². The second-order valence-corrected chi connectivity index (χ2v) is 5.45. The second-order valence-electron chi connectivity index (χ2n) is 5.45. The lowest BCUT2D eigenvalue weighted by Crippen LogP contribution is -2.14. The van der Waals surface area contributed by atoms with E-state index in [0.29, 0.717) is 0 Å². The van der Waals surface area contributed by atoms with Crippen LogP contribution in [0, 0.1) is 23.3 Å². The predicted molar refractivity (Wildman–Crippen MR) is 88.0 cm³/mol. The van der Waals surface area contributed by atoms with Gasteiger partial charge in [0.2, 0.25) is 11.6 Å². The molecule has 0 radical (unpaired) electrons. The van der Waals surface area contributed by atoms with E-state index in [1.807, 2.05) is 30.3 Å². The molecule has 3 aromatic carbocycles. The van der Waals surface area contributed by atoms with Crippen molar-refractivity contribution >= 4 is 5.78 Å². The van der Waals surface area contributed by atoms with Crippen molar-refractivity contribution in [3.8, 4) is 16.9 Å². The monoisotopic (exact) mass is 360 g/mol. The second kappa shape index (κ2) is 7.39. The molecule has 0 atom stereocenters. The van der Waals surface area contributed by atoms with E-state index in [1.165, 1.54) is 12.1 Å². The molecule has 132 valence electrons. The summed E-state index contributed by atoms with van der Waals surface area (Å²) in [6.07, 6.45) is 0. The van der Waals surface area contributed by atoms with Crippen LogP contribution in [0.4, 0.5) is 17.6 Å². The van der Waals surface area contributed by atoms with Crippen molar-refractivity contribution in [2.75, 3.05) is 6.61 Å². The Morgan fingerprint density at radius 2 is 1.31 bits per heavy atom. The molecule has 0 unspecified atom stereocenters. The Hall–Kier alpha value is -3.15. The van der Waals surface area contributed by atoms with Gasteiger partial charge in [-0.3, -0.25) is 4.79 Å². The first-order valence-corrected chi connectivity index (χ1v) is 7.62. The first-order chi connectivity index (χ1) is 12.5. The van der Waals surface area contributed by atoms with Crippen LogP contribution in [0.25, 0.3) is 11.1 Å². The highest BCUT2D eigenvalue weighted by Crippen LogP contribution is 2.26. The van der Waals surface area contributed by atoms with Gasteiger partial charge in [0.25, 0.3) is 0 Å². The summed E-state index contributed by atoms with van der Waals surface area (Å²) in [5.74, 6) is -8.41. The number of carbonyl (C=O) groups excluding carboxylic acids is 1. The Kier molecular flexibility index (Phi) is 5.02. The highest BCUT2D eigenvalue weighted by atomic mass is 19.2. The Balaban J connectivity index is 1.73. The summed E-state index contributed by atoms with van der Waals surface area (Å²) in [6.45, 7) is -0.762. The fourth-order valence-corrected chi connectivity index (χ4v) is 2.38. The zero-order chi connectivity index (χ0) is 18.7. The lowest BCUT2D eigenvalue weighted by atomic mass is 10.0. The molecule has 0 aliphatic heterocycles. The highest BCUT2D eigenvalue weighted by molar-refractivity contribution is 5.97. The number of ketones is 1. The maximum absolute atomic E-state index is 13.5. The number of ether oxygens (including phenoxy) is 1. The van der Waals surface area contributed by atoms with Crippen molar-refractivity contribution in [2.45, 2.75) is 0 Å². The molecule has 0 aliphatic carbocycles. The summed E-state index contributed by atoms with van der Waals surface area (Å²) in [5.41, 5.74) is 2.08. The van der Waals surface area contributed by atoms with E-state index in [0.717, 1.165) is 11.1 Å². The molecule has 0 heterocycles. The summed E-state index contributed by atoms with van der Waals surface area (Å²) in [6, 6.07) is 16.0. The molecule has 3 rings (SSSR count). The minimum Gasteiger partial charge on any atom is -0.479 e. The van der Waals surface area contributed by atoms with E-state index in [4.69, 9.17) is 0 Å². The molecule has 0 amide bonds. The average molecular weight is 360 g/mol. The Bertz CT molecular complexity index is 912. The van der Waals surface area contributed by atoms with Gasteiger partial charge in [0.15, 0.2) is 29.8 Å². The smallest absolute Gasteiger partial charge is 0.203 e. The third kappa shape index (κ3) is 3.59. The van der Waals surface area contributed by atoms with Crippen LogP contribution in [-0.4, -0.2) is 12.4 Å². The average Bonchev–Trinajstić information content (AvgIpc) is 2.67. The molecule has 26 heavy (non-hydrogen) atoms. The molecule has 0 aromatic heterocycles. The standard InChI is InChI=1S/C20H12F4O2/c21-15-10-16(22)19(24)20(18(15)23)26-11-17(25)14-8-6-13(7-9-14)12-4-2-1-3-5-12/h1-10H,11H2. The molecule has 0 saturated carbocycles. The SMILES string of the molecule is O=C(COc1c(F)c(F)cc(F)c1F)c1ccc(-c2ccccc2)cc1. The molecule has 0 N–H and O–H groups in total. The summed E-state index contributed by atoms with van der Waals surface area (Å²) >= 11 is 0. The Labute approximate surface area is 146 Å². The van der Waals surface area contributed by atoms with Crippen molar-refractivity contribution in [3.05, 3.63) is 89.5 Å². The fraction of sp³-hybridized carbons (Fsp3) is 0.0500. The molecular weight excluding hydrogens is 348 g/mol. The van der Waals surface area contributed by atoms with E-state index < -0.39 is 41.4 Å². The molecule has 3 aromatic rings. The number of hydrogen-bond acceptors (Lipinski definition) is 2. The Morgan fingerprint density at radius 1 is 0.769 bits per heavy atom. The van der Waals surface area contributed by atoms with E-state index in [1.54, 1.807) is 12.1 Å². The molecule has 0 saturated heterocycles. The Morgan fingerprint density at radius 3 is 1.88 bits per heavy atom. The maximum Gasteiger partial charge on any atom is 0.203 e. The van der Waals surface area contributed by atoms with Crippen LogP contribution in [-0.2, 0) is 0 Å². The minimum absolute atomic E-state index is 0.0711. The van der Waals surface area contributed by atoms with Crippen LogP contribution in [0.5, 0.6) is 5.75 Å². The van der Waals surface area contributed by atoms with Gasteiger partial charge >= 0.3 is 0 Å². The van der Waals surface area contributed by atoms with Crippen LogP contribution >= 0.6 is 0 Å². The number of carbonyl (C=O) groups is 1. The summed E-state index contributed by atoms with van der Waals surface area (Å²) in [7, 11) is 0. The van der Waals surface area contributed by atoms with Gasteiger partial charge in [-0.1, -0.05) is 54.6 Å². The van der Waals surface area contributed by atoms with Crippen LogP contribution in [0.3, 0.4) is 0 Å². The molecular formula is C20H12F4O2. The normalized spacial score (nSPS) is 10.6. The fourth-order valence-electron chi connectivity index (χ4n) is 2.38. The van der Waals surface area contributed by atoms with Gasteiger partial charge in [-0.15, -0.1) is 0 Å². The first kappa shape index (κ1) is 17.7. The van der Waals surface area contributed by atoms with Gasteiger partial charge in [0.1, 0.15) is 0 Å². The minimum atomic E-state index is -1.68. The van der Waals surface area contributed by atoms with Crippen molar-refractivity contribution in [2.24, 2.45) is 0 Å². The third-order valence-electron chi connectivity index (χ3n) is 3.73. The lowest BCUT2D eigenvalue weighted by Gasteiger charge is -2.09. The van der Waals surface area contributed by atoms with Crippen molar-refractivity contribution in [1.82, 2.24) is 0 Å². The van der Waals surface area contributed by atoms with Crippen molar-refractivity contribution in [3.63, 3.8) is 0 Å². The summed E-state index contributed by atoms with van der Waals surface area (Å²) in [4.78, 5) is 12.1. The molecule has 0 aliphatic rings. The largest absolute Gasteiger partial charge is 0.479 e. The summed E-state index contributed by atoms with van der Waals surface area (Å²) < 4.78 is 58.0. The van der Waals surface area contributed by atoms with Gasteiger partial charge in [-0.2, -0.15) is 8.78 Å². The van der Waals surface area contributed by atoms with Crippen LogP contribution in [0.15, 0.2) is 60.7 Å². The lowest BCUT2D eigenvalue weighted by molar-refractivity contribution is 0.0913. The van der Waals surface area contributed by atoms with Gasteiger partial charge in [0.05, 0.1) is 0 Å². The molecule has 0 spiro atoms. The van der Waals surface area contributed by atoms with Crippen LogP contribution < -0.4 is 4.74 Å². The zero-order valence-corrected chi connectivity index (χ0v) is 13.3. The number of Topliss-reactive ketones (excluding diaryl/α,β-unsaturated/α-hetero) is 1. The zero-order valence-electron chi connectivity index (χ0n) is 13.3. The third-order valence-corrected chi connectivity index (χ3v) is 3.73. The van der Waals surface area contributed by atoms with Crippen LogP contribution in [0.1, 0.15) is 10.4 Å². The topological polar surface area (TPSA) is 26.3 Å². The van der Waals surface area contributed by atoms with Crippen molar-refractivity contribution < 1.29 is 27.1 Å². The van der Waals surface area contributed by atoms with E-state index in [-0.39, 0.29) is 11.6 Å². The van der Waals surface area contributed by atoms with E-state index in [9.17, 15) is 22.4 Å². The van der Waals surface area contributed by atoms with E-state index in [2.05, 4.69) is 4.74 Å². The quantitative estimate of drug-likeness (QED) is 0.356. The first-order valence-electron chi connectivity index (χ1n) is 7.62. The molecule has 0 bridgehead atoms. The van der Waals surface area contributed by atoms with Gasteiger partial charge < -0.3 is 4.74 Å². The number of benzene rings is 3. The molecule has 0 fully saturated rings. The number of rotatable bonds is 5. The van der Waals surface area contributed by atoms with E-state index >= 15 is 0 Å². The van der Waals surface area contributed by atoms with Gasteiger partial charge in [-0.05, 0) is 11.1 Å². The van der Waals surface area contributed by atoms with Gasteiger partial charge in [0, 0.05) is 11.6 Å². The molecule has 2 nitrogen and oxygen atoms in total. The number of halogens is 4. The number of hydrogen-bond donors (Lipinski definition) is 0. The molecule has 6 heteroatoms. The summed E-state index contributed by atoms with van der Waals surface area (Å²) in [5, 5.41) is 0. The predicted octanol–water partition coefficient (Wildman–Crippen LogP) is 5.17. The highest BCUT2D eigenvalue weighted by Gasteiger charge is 2.21. The van der Waals surface area contributed by atoms with Crippen LogP contribution in [0.2, 0.25) is 0 Å². The maximum atomic E-state index is 13.5.